The van der Waals surface area contributed by atoms with Crippen molar-refractivity contribution >= 4 is 35.0 Å². The van der Waals surface area contributed by atoms with E-state index >= 15 is 0 Å². The van der Waals surface area contributed by atoms with Crippen LogP contribution in [0.2, 0.25) is 10.0 Å². The normalized spacial score (nSPS) is 27.8. The quantitative estimate of drug-likeness (QED) is 0.726. The lowest BCUT2D eigenvalue weighted by Crippen LogP contribution is -2.33. The molecule has 3 atom stereocenters. The van der Waals surface area contributed by atoms with Gasteiger partial charge < -0.3 is 4.74 Å². The van der Waals surface area contributed by atoms with Crippen molar-refractivity contribution in [3.8, 4) is 0 Å². The van der Waals surface area contributed by atoms with Crippen molar-refractivity contribution in [3.63, 3.8) is 0 Å². The smallest absolute Gasteiger partial charge is 0.411 e. The average Bonchev–Trinajstić information content (AvgIpc) is 2.51. The topological polar surface area (TPSA) is 38.3 Å². The second-order valence-corrected chi connectivity index (χ2v) is 7.21. The van der Waals surface area contributed by atoms with Crippen molar-refractivity contribution in [3.05, 3.63) is 28.2 Å². The van der Waals surface area contributed by atoms with Gasteiger partial charge in [-0.25, -0.2) is 4.79 Å². The molecule has 0 heterocycles. The molecule has 2 fully saturated rings. The number of nitrogens with one attached hydrogen (secondary N) is 1. The molecule has 0 bridgehead atoms. The molecule has 0 aromatic heterocycles. The molecule has 1 aromatic carbocycles. The Kier molecular flexibility index (Phi) is 5.14. The summed E-state index contributed by atoms with van der Waals surface area (Å²) in [5, 5.41) is 3.61. The van der Waals surface area contributed by atoms with Crippen molar-refractivity contribution in [1.29, 1.82) is 0 Å². The van der Waals surface area contributed by atoms with Gasteiger partial charge in [0.15, 0.2) is 0 Å². The molecule has 1 aromatic rings. The van der Waals surface area contributed by atoms with Crippen LogP contribution in [0.15, 0.2) is 18.2 Å². The molecule has 1 amide bonds. The highest BCUT2D eigenvalue weighted by atomic mass is 35.5. The summed E-state index contributed by atoms with van der Waals surface area (Å²) in [4.78, 5) is 12.0. The third-order valence-corrected chi connectivity index (χ3v) is 5.67. The molecule has 1 N–H and O–H groups in total. The number of carbonyl (C=O) groups excluding carboxylic acids is 1. The number of hydrogen-bond donors (Lipinski definition) is 1. The molecule has 0 spiro atoms. The summed E-state index contributed by atoms with van der Waals surface area (Å²) in [6.07, 6.45) is 8.16. The summed E-state index contributed by atoms with van der Waals surface area (Å²) in [5.74, 6) is 1.59. The molecular weight excluding hydrogens is 321 g/mol. The van der Waals surface area contributed by atoms with Crippen LogP contribution in [-0.2, 0) is 4.74 Å². The van der Waals surface area contributed by atoms with E-state index in [1.54, 1.807) is 18.2 Å². The molecule has 2 aliphatic carbocycles. The summed E-state index contributed by atoms with van der Waals surface area (Å²) in [6, 6.07) is 5.00. The molecule has 0 aliphatic heterocycles. The first kappa shape index (κ1) is 15.9. The molecule has 3 nitrogen and oxygen atoms in total. The number of amides is 1. The fourth-order valence-electron chi connectivity index (χ4n) is 3.81. The van der Waals surface area contributed by atoms with Gasteiger partial charge in [0.1, 0.15) is 6.10 Å². The lowest BCUT2D eigenvalue weighted by molar-refractivity contribution is 0.0339. The van der Waals surface area contributed by atoms with Gasteiger partial charge in [0.25, 0.3) is 0 Å². The summed E-state index contributed by atoms with van der Waals surface area (Å²) < 4.78 is 5.59. The number of carbonyl (C=O) groups is 1. The maximum Gasteiger partial charge on any atom is 0.411 e. The van der Waals surface area contributed by atoms with Gasteiger partial charge in [0.2, 0.25) is 0 Å². The van der Waals surface area contributed by atoms with Gasteiger partial charge in [-0.2, -0.15) is 0 Å². The maximum atomic E-state index is 12.0. The number of rotatable bonds is 2. The molecular formula is C17H21Cl2NO2. The maximum absolute atomic E-state index is 12.0. The summed E-state index contributed by atoms with van der Waals surface area (Å²) in [6.45, 7) is 0. The van der Waals surface area contributed by atoms with E-state index in [2.05, 4.69) is 5.32 Å². The Morgan fingerprint density at radius 2 is 1.82 bits per heavy atom. The number of halogens is 2. The third-order valence-electron chi connectivity index (χ3n) is 4.93. The van der Waals surface area contributed by atoms with Gasteiger partial charge in [-0.1, -0.05) is 48.9 Å². The van der Waals surface area contributed by atoms with Crippen LogP contribution in [0.1, 0.15) is 44.9 Å². The van der Waals surface area contributed by atoms with E-state index in [1.165, 1.54) is 32.1 Å². The fourth-order valence-corrected chi connectivity index (χ4v) is 4.11. The van der Waals surface area contributed by atoms with Gasteiger partial charge in [-0.05, 0) is 49.3 Å². The first-order chi connectivity index (χ1) is 10.6. The van der Waals surface area contributed by atoms with E-state index < -0.39 is 6.09 Å². The van der Waals surface area contributed by atoms with E-state index in [0.29, 0.717) is 15.7 Å². The highest BCUT2D eigenvalue weighted by Gasteiger charge is 2.33. The highest BCUT2D eigenvalue weighted by molar-refractivity contribution is 6.42. The van der Waals surface area contributed by atoms with Gasteiger partial charge in [-0.3, -0.25) is 5.32 Å². The number of fused-ring (bicyclic) bond motifs is 1. The molecule has 2 saturated carbocycles. The Morgan fingerprint density at radius 3 is 2.59 bits per heavy atom. The molecule has 22 heavy (non-hydrogen) atoms. The largest absolute Gasteiger partial charge is 0.446 e. The first-order valence-corrected chi connectivity index (χ1v) is 8.80. The van der Waals surface area contributed by atoms with Crippen LogP contribution in [-0.4, -0.2) is 12.2 Å². The van der Waals surface area contributed by atoms with E-state index in [9.17, 15) is 4.79 Å². The minimum absolute atomic E-state index is 0.0436. The number of benzene rings is 1. The fraction of sp³-hybridized carbons (Fsp3) is 0.588. The molecule has 3 unspecified atom stereocenters. The Bertz CT molecular complexity index is 549. The zero-order valence-electron chi connectivity index (χ0n) is 12.5. The summed E-state index contributed by atoms with van der Waals surface area (Å²) in [5.41, 5.74) is 0.603. The van der Waals surface area contributed by atoms with Crippen molar-refractivity contribution in [1.82, 2.24) is 0 Å². The second kappa shape index (κ2) is 7.10. The minimum Gasteiger partial charge on any atom is -0.446 e. The molecule has 2 aliphatic rings. The van der Waals surface area contributed by atoms with Crippen LogP contribution in [0.3, 0.4) is 0 Å². The van der Waals surface area contributed by atoms with Crippen molar-refractivity contribution in [2.24, 2.45) is 11.8 Å². The van der Waals surface area contributed by atoms with Crippen LogP contribution >= 0.6 is 23.2 Å². The van der Waals surface area contributed by atoms with Gasteiger partial charge in [0, 0.05) is 5.69 Å². The monoisotopic (exact) mass is 341 g/mol. The lowest BCUT2D eigenvalue weighted by Gasteiger charge is -2.38. The van der Waals surface area contributed by atoms with Crippen LogP contribution in [0.5, 0.6) is 0 Å². The average molecular weight is 342 g/mol. The molecule has 0 radical (unpaired) electrons. The Balaban J connectivity index is 1.52. The van der Waals surface area contributed by atoms with Crippen molar-refractivity contribution < 1.29 is 9.53 Å². The van der Waals surface area contributed by atoms with E-state index in [0.717, 1.165) is 24.7 Å². The SMILES string of the molecule is O=C(Nc1ccc(Cl)c(Cl)c1)OC1CCC2CCCCC2C1. The second-order valence-electron chi connectivity index (χ2n) is 6.40. The van der Waals surface area contributed by atoms with Gasteiger partial charge in [0.05, 0.1) is 10.0 Å². The molecule has 120 valence electrons. The predicted octanol–water partition coefficient (Wildman–Crippen LogP) is 5.90. The minimum atomic E-state index is -0.405. The van der Waals surface area contributed by atoms with Crippen LogP contribution in [0, 0.1) is 11.8 Å². The van der Waals surface area contributed by atoms with Crippen molar-refractivity contribution in [2.75, 3.05) is 5.32 Å². The number of ether oxygens (including phenoxy) is 1. The Morgan fingerprint density at radius 1 is 1.05 bits per heavy atom. The van der Waals surface area contributed by atoms with Crippen LogP contribution in [0.25, 0.3) is 0 Å². The predicted molar refractivity (Wildman–Crippen MR) is 89.7 cm³/mol. The molecule has 0 saturated heterocycles. The molecule has 3 rings (SSSR count). The Labute approximate surface area is 141 Å². The zero-order chi connectivity index (χ0) is 15.5. The van der Waals surface area contributed by atoms with E-state index in [4.69, 9.17) is 27.9 Å². The summed E-state index contributed by atoms with van der Waals surface area (Å²) >= 11 is 11.8. The van der Waals surface area contributed by atoms with Crippen molar-refractivity contribution in [2.45, 2.75) is 51.0 Å². The standard InChI is InChI=1S/C17H21Cl2NO2/c18-15-8-6-13(10-16(15)19)20-17(21)22-14-7-5-11-3-1-2-4-12(11)9-14/h6,8,10-12,14H,1-5,7,9H2,(H,20,21). The van der Waals surface area contributed by atoms with Crippen LogP contribution < -0.4 is 5.32 Å². The first-order valence-electron chi connectivity index (χ1n) is 8.04. The highest BCUT2D eigenvalue weighted by Crippen LogP contribution is 2.41. The summed E-state index contributed by atoms with van der Waals surface area (Å²) in [7, 11) is 0. The lowest BCUT2D eigenvalue weighted by atomic mass is 9.70. The number of anilines is 1. The number of hydrogen-bond acceptors (Lipinski definition) is 2. The third kappa shape index (κ3) is 3.88. The van der Waals surface area contributed by atoms with Crippen LogP contribution in [0.4, 0.5) is 10.5 Å². The van der Waals surface area contributed by atoms with Gasteiger partial charge >= 0.3 is 6.09 Å². The van der Waals surface area contributed by atoms with E-state index in [1.807, 2.05) is 0 Å². The zero-order valence-corrected chi connectivity index (χ0v) is 14.0. The van der Waals surface area contributed by atoms with Gasteiger partial charge in [-0.15, -0.1) is 0 Å². The Hall–Kier alpha value is -0.930. The molecule has 5 heteroatoms. The van der Waals surface area contributed by atoms with E-state index in [-0.39, 0.29) is 6.10 Å².